The van der Waals surface area contributed by atoms with E-state index in [-0.39, 0.29) is 68.9 Å². The molecule has 0 bridgehead atoms. The van der Waals surface area contributed by atoms with Crippen molar-refractivity contribution in [1.82, 2.24) is 0 Å². The second-order valence-corrected chi connectivity index (χ2v) is 3.95. The number of hydrogen-bond donors (Lipinski definition) is 1. The summed E-state index contributed by atoms with van der Waals surface area (Å²) in [6.45, 7) is 0.152. The summed E-state index contributed by atoms with van der Waals surface area (Å²) < 4.78 is 5.34. The third-order valence-corrected chi connectivity index (χ3v) is 2.73. The molecule has 2 unspecified atom stereocenters. The van der Waals surface area contributed by atoms with E-state index in [9.17, 15) is 0 Å². The Kier molecular flexibility index (Phi) is 6.46. The van der Waals surface area contributed by atoms with Crippen molar-refractivity contribution in [2.24, 2.45) is 0 Å². The molecule has 0 aliphatic carbocycles. The fourth-order valence-corrected chi connectivity index (χ4v) is 1.85. The van der Waals surface area contributed by atoms with Gasteiger partial charge >= 0.3 is 0 Å². The molecular formula is C12H16AcNO2-. The van der Waals surface area contributed by atoms with E-state index in [0.29, 0.717) is 6.42 Å². The third kappa shape index (κ3) is 4.09. The second-order valence-electron chi connectivity index (χ2n) is 3.95. The van der Waals surface area contributed by atoms with Crippen LogP contribution in [0.1, 0.15) is 12.0 Å². The van der Waals surface area contributed by atoms with Crippen molar-refractivity contribution in [1.29, 1.82) is 0 Å². The molecule has 0 spiro atoms. The van der Waals surface area contributed by atoms with Gasteiger partial charge in [0.2, 0.25) is 0 Å². The zero-order valence-corrected chi connectivity index (χ0v) is 13.9. The second kappa shape index (κ2) is 7.08. The van der Waals surface area contributed by atoms with Gasteiger partial charge in [0.25, 0.3) is 0 Å². The summed E-state index contributed by atoms with van der Waals surface area (Å²) in [6, 6.07) is 9.81. The SMILES string of the molecule is [Ac].[NH-][C@@H](Cc1ccccc1)C1OC1CCO. The van der Waals surface area contributed by atoms with Crippen LogP contribution in [0, 0.1) is 44.1 Å². The fraction of sp³-hybridized carbons (Fsp3) is 0.500. The van der Waals surface area contributed by atoms with Gasteiger partial charge in [-0.15, -0.1) is 6.04 Å². The Labute approximate surface area is 132 Å². The number of benzene rings is 1. The smallest absolute Gasteiger partial charge is 0.0848 e. The minimum Gasteiger partial charge on any atom is -0.672 e. The van der Waals surface area contributed by atoms with Crippen molar-refractivity contribution in [3.63, 3.8) is 0 Å². The number of ether oxygens (including phenoxy) is 1. The van der Waals surface area contributed by atoms with Crippen LogP contribution in [0.15, 0.2) is 30.3 Å². The first-order chi connectivity index (χ1) is 7.31. The van der Waals surface area contributed by atoms with Gasteiger partial charge in [0.15, 0.2) is 0 Å². The molecule has 0 aromatic heterocycles. The van der Waals surface area contributed by atoms with E-state index in [0.717, 1.165) is 6.42 Å². The number of rotatable bonds is 5. The molecule has 4 heteroatoms. The molecule has 1 heterocycles. The maximum atomic E-state index is 8.72. The van der Waals surface area contributed by atoms with E-state index in [1.807, 2.05) is 30.3 Å². The van der Waals surface area contributed by atoms with Crippen LogP contribution in [0.4, 0.5) is 0 Å². The van der Waals surface area contributed by atoms with Crippen LogP contribution in [-0.4, -0.2) is 30.0 Å². The van der Waals surface area contributed by atoms with Crippen molar-refractivity contribution in [2.45, 2.75) is 31.1 Å². The molecule has 1 aliphatic heterocycles. The summed E-state index contributed by atoms with van der Waals surface area (Å²) >= 11 is 0. The summed E-state index contributed by atoms with van der Waals surface area (Å²) in [7, 11) is 0. The van der Waals surface area contributed by atoms with Gasteiger partial charge in [-0.25, -0.2) is 0 Å². The molecule has 2 N–H and O–H groups in total. The van der Waals surface area contributed by atoms with E-state index >= 15 is 0 Å². The van der Waals surface area contributed by atoms with Crippen molar-refractivity contribution in [3.8, 4) is 0 Å². The van der Waals surface area contributed by atoms with Gasteiger partial charge < -0.3 is 15.6 Å². The summed E-state index contributed by atoms with van der Waals surface area (Å²) in [5.41, 5.74) is 9.11. The van der Waals surface area contributed by atoms with E-state index in [2.05, 4.69) is 0 Å². The van der Waals surface area contributed by atoms with E-state index in [1.165, 1.54) is 5.56 Å². The van der Waals surface area contributed by atoms with Crippen LogP contribution in [-0.2, 0) is 11.2 Å². The average Bonchev–Trinajstić information content (AvgIpc) is 2.99. The first-order valence-corrected chi connectivity index (χ1v) is 5.32. The molecule has 0 amide bonds. The molecule has 3 nitrogen and oxygen atoms in total. The van der Waals surface area contributed by atoms with E-state index in [1.54, 1.807) is 0 Å². The maximum absolute atomic E-state index is 8.72. The Balaban J connectivity index is 0.00000128. The molecule has 16 heavy (non-hydrogen) atoms. The molecule has 1 radical (unpaired) electrons. The Morgan fingerprint density at radius 3 is 2.62 bits per heavy atom. The topological polar surface area (TPSA) is 56.6 Å². The minimum absolute atomic E-state index is 0. The van der Waals surface area contributed by atoms with Gasteiger partial charge in [-0.1, -0.05) is 30.3 Å². The molecule has 0 saturated carbocycles. The number of epoxide rings is 1. The standard InChI is InChI=1S/C12H16NO2.Ac/c13-10(12-11(15-12)6-7-14)8-9-4-2-1-3-5-9;/h1-5,10-14H,6-8H2;/q-1;/t10-,11?,12?;/m0./s1. The van der Waals surface area contributed by atoms with Gasteiger partial charge in [0.05, 0.1) is 12.2 Å². The largest absolute Gasteiger partial charge is 0.672 e. The van der Waals surface area contributed by atoms with Crippen LogP contribution in [0.3, 0.4) is 0 Å². The fourth-order valence-electron chi connectivity index (χ4n) is 1.85. The minimum atomic E-state index is -0.205. The van der Waals surface area contributed by atoms with Gasteiger partial charge in [0, 0.05) is 50.7 Å². The van der Waals surface area contributed by atoms with Crippen LogP contribution in [0.5, 0.6) is 0 Å². The van der Waals surface area contributed by atoms with Crippen molar-refractivity contribution in [3.05, 3.63) is 41.6 Å². The average molecular weight is 433 g/mol. The van der Waals surface area contributed by atoms with E-state index in [4.69, 9.17) is 15.6 Å². The summed E-state index contributed by atoms with van der Waals surface area (Å²) in [5.74, 6) is 0. The molecule has 1 aromatic carbocycles. The third-order valence-electron chi connectivity index (χ3n) is 2.73. The molecular weight excluding hydrogens is 417 g/mol. The van der Waals surface area contributed by atoms with Crippen molar-refractivity contribution >= 4 is 0 Å². The molecule has 1 saturated heterocycles. The van der Waals surface area contributed by atoms with Gasteiger partial charge in [-0.3, -0.25) is 0 Å². The molecule has 1 aliphatic rings. The van der Waals surface area contributed by atoms with Crippen LogP contribution in [0.25, 0.3) is 5.73 Å². The molecule has 1 fully saturated rings. The predicted molar refractivity (Wildman–Crippen MR) is 58.6 cm³/mol. The molecule has 3 atom stereocenters. The first kappa shape index (κ1) is 14.6. The Morgan fingerprint density at radius 2 is 2.00 bits per heavy atom. The first-order valence-electron chi connectivity index (χ1n) is 5.32. The number of nitrogens with one attached hydrogen (secondary N) is 1. The molecule has 2 rings (SSSR count). The monoisotopic (exact) mass is 433 g/mol. The Morgan fingerprint density at radius 1 is 1.31 bits per heavy atom. The van der Waals surface area contributed by atoms with Gasteiger partial charge in [-0.05, 0) is 18.4 Å². The van der Waals surface area contributed by atoms with Crippen molar-refractivity contribution in [2.75, 3.05) is 6.61 Å². The molecule has 85 valence electrons. The summed E-state index contributed by atoms with van der Waals surface area (Å²) in [5, 5.41) is 8.72. The quantitative estimate of drug-likeness (QED) is 0.721. The number of aliphatic hydroxyl groups excluding tert-OH is 1. The molecule has 1 aromatic rings. The number of aliphatic hydroxyl groups is 1. The van der Waals surface area contributed by atoms with Crippen LogP contribution in [0.2, 0.25) is 0 Å². The van der Waals surface area contributed by atoms with Crippen LogP contribution < -0.4 is 0 Å². The van der Waals surface area contributed by atoms with E-state index < -0.39 is 0 Å². The van der Waals surface area contributed by atoms with Crippen LogP contribution >= 0.6 is 0 Å². The normalized spacial score (nSPS) is 24.6. The van der Waals surface area contributed by atoms with Crippen molar-refractivity contribution < 1.29 is 53.9 Å². The zero-order valence-electron chi connectivity index (χ0n) is 9.17. The van der Waals surface area contributed by atoms with Gasteiger partial charge in [-0.2, -0.15) is 0 Å². The predicted octanol–water partition coefficient (Wildman–Crippen LogP) is 1.80. The number of hydrogen-bond acceptors (Lipinski definition) is 2. The Hall–Kier alpha value is 0.542. The van der Waals surface area contributed by atoms with Gasteiger partial charge in [0.1, 0.15) is 0 Å². The zero-order chi connectivity index (χ0) is 10.7. The summed E-state index contributed by atoms with van der Waals surface area (Å²) in [4.78, 5) is 0. The maximum Gasteiger partial charge on any atom is 0.0848 e. The summed E-state index contributed by atoms with van der Waals surface area (Å²) in [6.07, 6.45) is 1.53. The Bertz CT molecular complexity index is 307.